The topological polar surface area (TPSA) is 46.9 Å². The Balaban J connectivity index is 1.71. The second kappa shape index (κ2) is 10.2. The van der Waals surface area contributed by atoms with E-state index < -0.39 is 0 Å². The Morgan fingerprint density at radius 2 is 1.80 bits per heavy atom. The zero-order valence-electron chi connectivity index (χ0n) is 18.7. The average molecular weight is 404 g/mol. The fraction of sp³-hybridized carbons (Fsp3) is 0.385. The summed E-state index contributed by atoms with van der Waals surface area (Å²) in [7, 11) is 0. The minimum Gasteiger partial charge on any atom is -0.353 e. The molecule has 0 fully saturated rings. The summed E-state index contributed by atoms with van der Waals surface area (Å²) in [4.78, 5) is 16.4. The smallest absolute Gasteiger partial charge is 0.243 e. The van der Waals surface area contributed by atoms with Crippen molar-refractivity contribution < 1.29 is 4.79 Å². The number of nitrogens with zero attached hydrogens (tertiary/aromatic N) is 2. The number of nitrogens with one attached hydrogen (secondary N) is 1. The number of fused-ring (bicyclic) bond motifs is 1. The van der Waals surface area contributed by atoms with Gasteiger partial charge in [0.2, 0.25) is 5.91 Å². The molecular weight excluding hydrogens is 370 g/mol. The van der Waals surface area contributed by atoms with Crippen LogP contribution in [-0.4, -0.2) is 22.0 Å². The Bertz CT molecular complexity index is 1020. The van der Waals surface area contributed by atoms with Crippen LogP contribution in [0.2, 0.25) is 0 Å². The molecule has 2 aromatic carbocycles. The Morgan fingerprint density at radius 1 is 1.07 bits per heavy atom. The number of hydrogen-bond acceptors (Lipinski definition) is 2. The molecule has 0 saturated carbocycles. The lowest BCUT2D eigenvalue weighted by atomic mass is 9.99. The molecule has 1 N–H and O–H groups in total. The Hall–Kier alpha value is -2.88. The summed E-state index contributed by atoms with van der Waals surface area (Å²) in [5, 5.41) is 2.92. The highest BCUT2D eigenvalue weighted by Gasteiger charge is 2.13. The Morgan fingerprint density at radius 3 is 2.53 bits per heavy atom. The third kappa shape index (κ3) is 5.38. The Kier molecular flexibility index (Phi) is 7.45. The van der Waals surface area contributed by atoms with Crippen molar-refractivity contribution in [2.75, 3.05) is 6.54 Å². The molecule has 3 rings (SSSR count). The van der Waals surface area contributed by atoms with Crippen molar-refractivity contribution in [3.8, 4) is 0 Å². The molecule has 0 aliphatic rings. The number of rotatable bonds is 9. The molecule has 0 unspecified atom stereocenters. The van der Waals surface area contributed by atoms with Crippen LogP contribution in [0.5, 0.6) is 0 Å². The average Bonchev–Trinajstić information content (AvgIpc) is 3.05. The van der Waals surface area contributed by atoms with Crippen molar-refractivity contribution in [1.29, 1.82) is 0 Å². The minimum atomic E-state index is -0.0110. The molecule has 3 aromatic rings. The van der Waals surface area contributed by atoms with Gasteiger partial charge in [0.25, 0.3) is 0 Å². The van der Waals surface area contributed by atoms with Crippen molar-refractivity contribution >= 4 is 16.9 Å². The highest BCUT2D eigenvalue weighted by Crippen LogP contribution is 2.23. The van der Waals surface area contributed by atoms with Gasteiger partial charge in [-0.25, -0.2) is 4.98 Å². The van der Waals surface area contributed by atoms with Gasteiger partial charge < -0.3 is 9.88 Å². The maximum Gasteiger partial charge on any atom is 0.243 e. The van der Waals surface area contributed by atoms with Crippen molar-refractivity contribution in [1.82, 2.24) is 14.9 Å². The summed E-state index contributed by atoms with van der Waals surface area (Å²) in [5.74, 6) is 1.14. The summed E-state index contributed by atoms with van der Waals surface area (Å²) in [6.45, 7) is 9.99. The highest BCUT2D eigenvalue weighted by atomic mass is 16.1. The molecule has 0 bridgehead atoms. The van der Waals surface area contributed by atoms with Crippen molar-refractivity contribution in [2.45, 2.75) is 59.9 Å². The summed E-state index contributed by atoms with van der Waals surface area (Å²) < 4.78 is 2.38. The fourth-order valence-electron chi connectivity index (χ4n) is 4.12. The number of aromatic nitrogens is 2. The molecule has 1 heterocycles. The quantitative estimate of drug-likeness (QED) is 0.383. The summed E-state index contributed by atoms with van der Waals surface area (Å²) >= 11 is 0. The number of amides is 1. The first-order valence-corrected chi connectivity index (χ1v) is 10.9. The van der Waals surface area contributed by atoms with Gasteiger partial charge in [0, 0.05) is 19.5 Å². The van der Waals surface area contributed by atoms with E-state index >= 15 is 0 Å². The van der Waals surface area contributed by atoms with Gasteiger partial charge in [-0.3, -0.25) is 4.79 Å². The van der Waals surface area contributed by atoms with Gasteiger partial charge in [0.1, 0.15) is 5.82 Å². The first-order valence-electron chi connectivity index (χ1n) is 10.9. The lowest BCUT2D eigenvalue weighted by molar-refractivity contribution is -0.116. The number of aryl methyl sites for hydroxylation is 4. The largest absolute Gasteiger partial charge is 0.353 e. The van der Waals surface area contributed by atoms with E-state index in [1.54, 1.807) is 12.2 Å². The van der Waals surface area contributed by atoms with Crippen molar-refractivity contribution in [2.24, 2.45) is 0 Å². The number of hydrogen-bond donors (Lipinski definition) is 1. The van der Waals surface area contributed by atoms with Crippen LogP contribution in [0, 0.1) is 20.8 Å². The number of para-hydroxylation sites is 2. The second-order valence-electron chi connectivity index (χ2n) is 8.08. The molecule has 0 saturated heterocycles. The third-order valence-electron chi connectivity index (χ3n) is 5.58. The molecule has 158 valence electrons. The number of carbonyl (C=O) groups is 1. The van der Waals surface area contributed by atoms with Crippen LogP contribution in [-0.2, 0) is 17.8 Å². The molecule has 1 amide bonds. The van der Waals surface area contributed by atoms with Gasteiger partial charge >= 0.3 is 0 Å². The lowest BCUT2D eigenvalue weighted by Gasteiger charge is -2.15. The third-order valence-corrected chi connectivity index (χ3v) is 5.58. The SMILES string of the molecule is C/C=C/C(=O)NCCCCCc1nc2ccccc2n1Cc1c(C)cc(C)cc1C. The zero-order valence-corrected chi connectivity index (χ0v) is 18.7. The maximum absolute atomic E-state index is 11.5. The van der Waals surface area contributed by atoms with Crippen LogP contribution in [0.4, 0.5) is 0 Å². The number of carbonyl (C=O) groups excluding carboxylic acids is 1. The molecule has 4 heteroatoms. The molecule has 30 heavy (non-hydrogen) atoms. The standard InChI is InChI=1S/C26H33N3O/c1-5-11-26(30)27-15-10-6-7-14-25-28-23-12-8-9-13-24(23)29(25)18-22-20(3)16-19(2)17-21(22)4/h5,8-9,11-13,16-17H,6-7,10,14-15,18H2,1-4H3,(H,27,30)/b11-5+. The maximum atomic E-state index is 11.5. The van der Waals surface area contributed by atoms with E-state index in [1.807, 2.05) is 6.92 Å². The van der Waals surface area contributed by atoms with E-state index in [0.29, 0.717) is 0 Å². The van der Waals surface area contributed by atoms with E-state index in [9.17, 15) is 4.79 Å². The highest BCUT2D eigenvalue weighted by molar-refractivity contribution is 5.87. The number of imidazole rings is 1. The van der Waals surface area contributed by atoms with Crippen LogP contribution in [0.15, 0.2) is 48.6 Å². The molecule has 0 aliphatic carbocycles. The van der Waals surface area contributed by atoms with Crippen LogP contribution < -0.4 is 5.32 Å². The molecular formula is C26H33N3O. The van der Waals surface area contributed by atoms with E-state index in [-0.39, 0.29) is 5.91 Å². The van der Waals surface area contributed by atoms with Gasteiger partial charge in [0.05, 0.1) is 11.0 Å². The molecule has 1 aromatic heterocycles. The first-order chi connectivity index (χ1) is 14.5. The predicted octanol–water partition coefficient (Wildman–Crippen LogP) is 5.41. The van der Waals surface area contributed by atoms with Gasteiger partial charge in [-0.2, -0.15) is 0 Å². The molecule has 4 nitrogen and oxygen atoms in total. The molecule has 0 aliphatic heterocycles. The summed E-state index contributed by atoms with van der Waals surface area (Å²) in [5.41, 5.74) is 7.64. The number of unbranched alkanes of at least 4 members (excludes halogenated alkanes) is 2. The second-order valence-corrected chi connectivity index (χ2v) is 8.08. The lowest BCUT2D eigenvalue weighted by Crippen LogP contribution is -2.21. The van der Waals surface area contributed by atoms with Gasteiger partial charge in [-0.15, -0.1) is 0 Å². The van der Waals surface area contributed by atoms with E-state index in [0.717, 1.165) is 50.1 Å². The predicted molar refractivity (Wildman–Crippen MR) is 125 cm³/mol. The monoisotopic (exact) mass is 403 g/mol. The number of benzene rings is 2. The van der Waals surface area contributed by atoms with Gasteiger partial charge in [-0.1, -0.05) is 42.3 Å². The van der Waals surface area contributed by atoms with E-state index in [1.165, 1.54) is 27.8 Å². The van der Waals surface area contributed by atoms with Crippen LogP contribution >= 0.6 is 0 Å². The van der Waals surface area contributed by atoms with Crippen LogP contribution in [0.3, 0.4) is 0 Å². The zero-order chi connectivity index (χ0) is 21.5. The van der Waals surface area contributed by atoms with Crippen molar-refractivity contribution in [3.05, 3.63) is 76.6 Å². The summed E-state index contributed by atoms with van der Waals surface area (Å²) in [6.07, 6.45) is 7.40. The first kappa shape index (κ1) is 21.8. The summed E-state index contributed by atoms with van der Waals surface area (Å²) in [6, 6.07) is 12.9. The molecule has 0 radical (unpaired) electrons. The van der Waals surface area contributed by atoms with Gasteiger partial charge in [0.15, 0.2) is 0 Å². The fourth-order valence-corrected chi connectivity index (χ4v) is 4.12. The van der Waals surface area contributed by atoms with E-state index in [2.05, 4.69) is 67.1 Å². The minimum absolute atomic E-state index is 0.0110. The molecule has 0 atom stereocenters. The van der Waals surface area contributed by atoms with Crippen LogP contribution in [0.25, 0.3) is 11.0 Å². The van der Waals surface area contributed by atoms with E-state index in [4.69, 9.17) is 4.98 Å². The Labute approximate surface area is 180 Å². The van der Waals surface area contributed by atoms with Gasteiger partial charge in [-0.05, 0) is 75.4 Å². The number of allylic oxidation sites excluding steroid dienone is 1. The molecule has 0 spiro atoms. The van der Waals surface area contributed by atoms with Crippen molar-refractivity contribution in [3.63, 3.8) is 0 Å². The van der Waals surface area contributed by atoms with Crippen LogP contribution in [0.1, 0.15) is 54.3 Å². The normalized spacial score (nSPS) is 11.5.